The van der Waals surface area contributed by atoms with E-state index >= 15 is 0 Å². The van der Waals surface area contributed by atoms with Gasteiger partial charge in [0.1, 0.15) is 11.6 Å². The lowest BCUT2D eigenvalue weighted by Gasteiger charge is -2.38. The summed E-state index contributed by atoms with van der Waals surface area (Å²) in [6.45, 7) is 8.10. The Bertz CT molecular complexity index is 1160. The van der Waals surface area contributed by atoms with Crippen molar-refractivity contribution in [3.05, 3.63) is 77.5 Å². The molecule has 0 fully saturated rings. The van der Waals surface area contributed by atoms with Crippen LogP contribution < -0.4 is 10.1 Å². The number of fused-ring (bicyclic) bond motifs is 1. The number of hydrogen-bond acceptors (Lipinski definition) is 6. The van der Waals surface area contributed by atoms with E-state index in [9.17, 15) is 0 Å². The topological polar surface area (TPSA) is 96.0 Å². The van der Waals surface area contributed by atoms with Crippen LogP contribution in [0.1, 0.15) is 56.8 Å². The highest BCUT2D eigenvalue weighted by Crippen LogP contribution is 2.40. The molecule has 7 nitrogen and oxygen atoms in total. The van der Waals surface area contributed by atoms with Gasteiger partial charge in [-0.15, -0.1) is 0 Å². The largest absolute Gasteiger partial charge is 0.497 e. The van der Waals surface area contributed by atoms with Crippen LogP contribution in [-0.2, 0) is 15.7 Å². The van der Waals surface area contributed by atoms with Crippen molar-refractivity contribution in [2.24, 2.45) is 0 Å². The molecule has 1 unspecified atom stereocenters. The van der Waals surface area contributed by atoms with Crippen LogP contribution in [0.3, 0.4) is 0 Å². The molecule has 2 aromatic carbocycles. The Morgan fingerprint density at radius 3 is 2.39 bits per heavy atom. The second-order valence-electron chi connectivity index (χ2n) is 9.56. The molecule has 4 rings (SSSR count). The number of nitrogens with zero attached hydrogens (tertiary/aromatic N) is 2. The highest BCUT2D eigenvalue weighted by Gasteiger charge is 2.37. The van der Waals surface area contributed by atoms with Gasteiger partial charge in [0.25, 0.3) is 0 Å². The fourth-order valence-electron chi connectivity index (χ4n) is 4.22. The Morgan fingerprint density at radius 1 is 1.09 bits per heavy atom. The highest BCUT2D eigenvalue weighted by molar-refractivity contribution is 6.04. The Morgan fingerprint density at radius 2 is 1.76 bits per heavy atom. The number of benzene rings is 2. The van der Waals surface area contributed by atoms with Crippen molar-refractivity contribution in [3.8, 4) is 5.75 Å². The maximum atomic E-state index is 8.65. The zero-order chi connectivity index (χ0) is 23.8. The number of nitrogens with one attached hydrogen (secondary N) is 3. The minimum Gasteiger partial charge on any atom is -0.497 e. The molecule has 0 saturated heterocycles. The van der Waals surface area contributed by atoms with Gasteiger partial charge in [-0.25, -0.2) is 4.68 Å². The zero-order valence-electron chi connectivity index (χ0n) is 19.8. The SMILES string of the molecule is COc1ccc(C(C)(C)C(=N)OC(=N)c2cnn3c2NC(c2ccccc2)CC3(C)C)cc1. The van der Waals surface area contributed by atoms with Gasteiger partial charge >= 0.3 is 0 Å². The van der Waals surface area contributed by atoms with Gasteiger partial charge in [0.15, 0.2) is 5.90 Å². The van der Waals surface area contributed by atoms with Crippen molar-refractivity contribution in [2.75, 3.05) is 12.4 Å². The number of methoxy groups -OCH3 is 1. The Hall–Kier alpha value is -3.61. The van der Waals surface area contributed by atoms with Gasteiger partial charge in [-0.3, -0.25) is 10.8 Å². The molecular weight excluding hydrogens is 414 g/mol. The summed E-state index contributed by atoms with van der Waals surface area (Å²) >= 11 is 0. The molecule has 172 valence electrons. The molecule has 2 heterocycles. The molecule has 1 aromatic heterocycles. The van der Waals surface area contributed by atoms with Crippen LogP contribution in [-0.4, -0.2) is 28.7 Å². The van der Waals surface area contributed by atoms with E-state index in [1.54, 1.807) is 13.3 Å². The second kappa shape index (κ2) is 8.39. The van der Waals surface area contributed by atoms with Crippen LogP contribution in [0.25, 0.3) is 0 Å². The summed E-state index contributed by atoms with van der Waals surface area (Å²) in [6, 6.07) is 17.9. The van der Waals surface area contributed by atoms with Crippen molar-refractivity contribution < 1.29 is 9.47 Å². The summed E-state index contributed by atoms with van der Waals surface area (Å²) in [4.78, 5) is 0. The van der Waals surface area contributed by atoms with Crippen LogP contribution in [0.2, 0.25) is 0 Å². The van der Waals surface area contributed by atoms with Crippen molar-refractivity contribution in [2.45, 2.75) is 51.1 Å². The summed E-state index contributed by atoms with van der Waals surface area (Å²) in [6.07, 6.45) is 2.51. The Kier molecular flexibility index (Phi) is 5.74. The van der Waals surface area contributed by atoms with Gasteiger partial charge in [0.05, 0.1) is 35.9 Å². The molecular formula is C26H31N5O2. The first-order valence-corrected chi connectivity index (χ1v) is 11.0. The van der Waals surface area contributed by atoms with Crippen molar-refractivity contribution in [3.63, 3.8) is 0 Å². The molecule has 3 aromatic rings. The van der Waals surface area contributed by atoms with Crippen LogP contribution >= 0.6 is 0 Å². The molecule has 1 aliphatic rings. The standard InChI is InChI=1S/C26H31N5O2/c1-25(2)15-21(17-9-7-6-8-10-17)30-23-20(16-29-31(23)25)22(27)33-24(28)26(3,4)18-11-13-19(32-5)14-12-18/h6-14,16,21,27-28,30H,15H2,1-5H3. The molecule has 0 bridgehead atoms. The van der Waals surface area contributed by atoms with E-state index in [4.69, 9.17) is 20.3 Å². The second-order valence-corrected chi connectivity index (χ2v) is 9.56. The molecule has 0 radical (unpaired) electrons. The fourth-order valence-corrected chi connectivity index (χ4v) is 4.22. The van der Waals surface area contributed by atoms with Crippen LogP contribution in [0, 0.1) is 10.8 Å². The molecule has 1 atom stereocenters. The third-order valence-electron chi connectivity index (χ3n) is 6.39. The summed E-state index contributed by atoms with van der Waals surface area (Å²) in [7, 11) is 1.62. The Labute approximate surface area is 194 Å². The molecule has 33 heavy (non-hydrogen) atoms. The van der Waals surface area contributed by atoms with Crippen molar-refractivity contribution >= 4 is 17.6 Å². The molecule has 0 spiro atoms. The van der Waals surface area contributed by atoms with Gasteiger partial charge in [0, 0.05) is 0 Å². The normalized spacial score (nSPS) is 16.9. The minimum atomic E-state index is -0.717. The molecule has 0 aliphatic carbocycles. The average molecular weight is 446 g/mol. The number of ether oxygens (including phenoxy) is 2. The lowest BCUT2D eigenvalue weighted by atomic mass is 9.84. The molecule has 7 heteroatoms. The smallest absolute Gasteiger partial charge is 0.226 e. The van der Waals surface area contributed by atoms with Crippen LogP contribution in [0.15, 0.2) is 60.8 Å². The van der Waals surface area contributed by atoms with Gasteiger partial charge < -0.3 is 14.8 Å². The third-order valence-corrected chi connectivity index (χ3v) is 6.39. The molecule has 0 amide bonds. The summed E-state index contributed by atoms with van der Waals surface area (Å²) in [5.41, 5.74) is 1.67. The summed E-state index contributed by atoms with van der Waals surface area (Å²) in [5.74, 6) is 1.38. The van der Waals surface area contributed by atoms with Gasteiger partial charge in [-0.2, -0.15) is 5.10 Å². The summed E-state index contributed by atoms with van der Waals surface area (Å²) in [5, 5.41) is 25.4. The maximum absolute atomic E-state index is 8.65. The van der Waals surface area contributed by atoms with E-state index in [1.165, 1.54) is 5.56 Å². The van der Waals surface area contributed by atoms with E-state index in [-0.39, 0.29) is 23.4 Å². The lowest BCUT2D eigenvalue weighted by molar-refractivity contribution is 0.263. The Balaban J connectivity index is 1.57. The number of rotatable bonds is 5. The number of hydrogen-bond donors (Lipinski definition) is 3. The maximum Gasteiger partial charge on any atom is 0.226 e. The summed E-state index contributed by atoms with van der Waals surface area (Å²) < 4.78 is 12.9. The third kappa shape index (κ3) is 4.23. The number of aromatic nitrogens is 2. The van der Waals surface area contributed by atoms with Gasteiger partial charge in [-0.1, -0.05) is 42.5 Å². The number of anilines is 1. The highest BCUT2D eigenvalue weighted by atomic mass is 16.5. The van der Waals surface area contributed by atoms with E-state index in [2.05, 4.69) is 36.4 Å². The minimum absolute atomic E-state index is 0.00713. The first-order chi connectivity index (χ1) is 15.6. The molecule has 1 aliphatic heterocycles. The monoisotopic (exact) mass is 445 g/mol. The predicted octanol–water partition coefficient (Wildman–Crippen LogP) is 5.48. The van der Waals surface area contributed by atoms with Gasteiger partial charge in [0.2, 0.25) is 5.90 Å². The quantitative estimate of drug-likeness (QED) is 0.358. The fraction of sp³-hybridized carbons (Fsp3) is 0.346. The van der Waals surface area contributed by atoms with Crippen LogP contribution in [0.5, 0.6) is 5.75 Å². The van der Waals surface area contributed by atoms with E-state index in [0.717, 1.165) is 23.6 Å². The molecule has 0 saturated carbocycles. The average Bonchev–Trinajstić information content (AvgIpc) is 3.24. The zero-order valence-corrected chi connectivity index (χ0v) is 19.8. The first-order valence-electron chi connectivity index (χ1n) is 11.0. The predicted molar refractivity (Wildman–Crippen MR) is 131 cm³/mol. The lowest BCUT2D eigenvalue weighted by Crippen LogP contribution is -2.38. The van der Waals surface area contributed by atoms with E-state index < -0.39 is 5.41 Å². The van der Waals surface area contributed by atoms with Crippen molar-refractivity contribution in [1.82, 2.24) is 9.78 Å². The van der Waals surface area contributed by atoms with Crippen molar-refractivity contribution in [1.29, 1.82) is 10.8 Å². The van der Waals surface area contributed by atoms with E-state index in [1.807, 2.05) is 61.0 Å². The van der Waals surface area contributed by atoms with E-state index in [0.29, 0.717) is 5.56 Å². The van der Waals surface area contributed by atoms with Gasteiger partial charge in [-0.05, 0) is 57.4 Å². The first kappa shape index (κ1) is 22.6. The van der Waals surface area contributed by atoms with Crippen LogP contribution in [0.4, 0.5) is 5.82 Å². The molecule has 3 N–H and O–H groups in total.